The lowest BCUT2D eigenvalue weighted by Gasteiger charge is -2.31. The molecule has 0 amide bonds. The Morgan fingerprint density at radius 1 is 1.33 bits per heavy atom. The van der Waals surface area contributed by atoms with E-state index in [2.05, 4.69) is 6.58 Å². The van der Waals surface area contributed by atoms with Crippen molar-refractivity contribution in [3.63, 3.8) is 0 Å². The summed E-state index contributed by atoms with van der Waals surface area (Å²) >= 11 is 0. The van der Waals surface area contributed by atoms with Crippen molar-refractivity contribution in [1.82, 2.24) is 0 Å². The van der Waals surface area contributed by atoms with Crippen LogP contribution in [0.2, 0.25) is 0 Å². The third kappa shape index (κ3) is 8.96. The van der Waals surface area contributed by atoms with Crippen LogP contribution >= 0.6 is 0 Å². The van der Waals surface area contributed by atoms with Gasteiger partial charge in [-0.1, -0.05) is 6.58 Å². The number of hydrogen-bond donors (Lipinski definition) is 1. The zero-order valence-electron chi connectivity index (χ0n) is 9.90. The Labute approximate surface area is 90.2 Å². The van der Waals surface area contributed by atoms with E-state index in [4.69, 9.17) is 5.11 Å². The molecule has 0 aliphatic rings. The van der Waals surface area contributed by atoms with Crippen LogP contribution in [0.1, 0.15) is 13.8 Å². The Kier molecular flexibility index (Phi) is 6.63. The van der Waals surface area contributed by atoms with Crippen LogP contribution in [0.3, 0.4) is 0 Å². The molecule has 0 fully saturated rings. The minimum atomic E-state index is -0.998. The Bertz CT molecular complexity index is 241. The maximum Gasteiger partial charge on any atom is 0.330 e. The monoisotopic (exact) mass is 217 g/mol. The fourth-order valence-corrected chi connectivity index (χ4v) is 0.316. The van der Waals surface area contributed by atoms with Gasteiger partial charge in [-0.2, -0.15) is 0 Å². The highest BCUT2D eigenvalue weighted by atomic mass is 16.4. The summed E-state index contributed by atoms with van der Waals surface area (Å²) in [6.45, 7) is 6.24. The first kappa shape index (κ1) is 16.1. The largest absolute Gasteiger partial charge is 0.544 e. The topological polar surface area (TPSA) is 77.4 Å². The van der Waals surface area contributed by atoms with Gasteiger partial charge in [-0.15, -0.1) is 0 Å². The molecule has 1 unspecified atom stereocenters. The van der Waals surface area contributed by atoms with Crippen molar-refractivity contribution in [2.75, 3.05) is 21.1 Å². The molecule has 0 aromatic carbocycles. The van der Waals surface area contributed by atoms with Crippen LogP contribution in [0.25, 0.3) is 0 Å². The van der Waals surface area contributed by atoms with Crippen molar-refractivity contribution in [3.05, 3.63) is 12.2 Å². The molecule has 88 valence electrons. The summed E-state index contributed by atoms with van der Waals surface area (Å²) in [5, 5.41) is 18.1. The summed E-state index contributed by atoms with van der Waals surface area (Å²) in [4.78, 5) is 19.8. The zero-order valence-corrected chi connectivity index (χ0v) is 9.90. The fraction of sp³-hybridized carbons (Fsp3) is 0.600. The van der Waals surface area contributed by atoms with Gasteiger partial charge in [0.25, 0.3) is 0 Å². The van der Waals surface area contributed by atoms with Crippen LogP contribution in [0.15, 0.2) is 12.2 Å². The van der Waals surface area contributed by atoms with E-state index in [0.29, 0.717) is 4.48 Å². The van der Waals surface area contributed by atoms with Crippen molar-refractivity contribution in [2.45, 2.75) is 19.9 Å². The minimum Gasteiger partial charge on any atom is -0.544 e. The molecule has 0 aromatic rings. The van der Waals surface area contributed by atoms with E-state index >= 15 is 0 Å². The molecular weight excluding hydrogens is 198 g/mol. The van der Waals surface area contributed by atoms with Crippen molar-refractivity contribution in [1.29, 1.82) is 0 Å². The van der Waals surface area contributed by atoms with Crippen LogP contribution in [0.4, 0.5) is 0 Å². The first-order chi connectivity index (χ1) is 6.50. The molecule has 0 saturated carbocycles. The highest BCUT2D eigenvalue weighted by molar-refractivity contribution is 5.84. The first-order valence-corrected chi connectivity index (χ1v) is 4.41. The van der Waals surface area contributed by atoms with Gasteiger partial charge in [0.15, 0.2) is 0 Å². The lowest BCUT2D eigenvalue weighted by molar-refractivity contribution is -0.887. The SMILES string of the molecule is C=C(C)C(=O)O.CC(C(=O)[O-])[N+](C)(C)C. The second-order valence-corrected chi connectivity index (χ2v) is 4.20. The number of likely N-dealkylation sites (N-methyl/N-ethyl adjacent to an activating group) is 1. The van der Waals surface area contributed by atoms with E-state index in [1.165, 1.54) is 6.92 Å². The van der Waals surface area contributed by atoms with Gasteiger partial charge >= 0.3 is 5.97 Å². The smallest absolute Gasteiger partial charge is 0.330 e. The molecular formula is C10H19NO4. The molecule has 0 aromatic heterocycles. The summed E-state index contributed by atoms with van der Waals surface area (Å²) in [5.74, 6) is -1.93. The Balaban J connectivity index is 0. The summed E-state index contributed by atoms with van der Waals surface area (Å²) in [6.07, 6.45) is 0. The zero-order chi connectivity index (χ0) is 12.8. The number of quaternary nitrogens is 1. The number of carbonyl (C=O) groups excluding carboxylic acids is 1. The Morgan fingerprint density at radius 3 is 1.60 bits per heavy atom. The molecule has 0 heterocycles. The average molecular weight is 217 g/mol. The summed E-state index contributed by atoms with van der Waals surface area (Å²) in [5.41, 5.74) is 0.176. The third-order valence-electron chi connectivity index (χ3n) is 1.87. The average Bonchev–Trinajstić information content (AvgIpc) is 2.02. The molecule has 15 heavy (non-hydrogen) atoms. The maximum absolute atomic E-state index is 10.2. The number of aliphatic carboxylic acids is 2. The predicted octanol–water partition coefficient (Wildman–Crippen LogP) is -0.522. The molecule has 0 spiro atoms. The maximum atomic E-state index is 10.2. The second kappa shape index (κ2) is 6.19. The third-order valence-corrected chi connectivity index (χ3v) is 1.87. The lowest BCUT2D eigenvalue weighted by atomic mass is 10.3. The number of hydrogen-bond acceptors (Lipinski definition) is 3. The van der Waals surface area contributed by atoms with Gasteiger partial charge in [0.1, 0.15) is 6.04 Å². The standard InChI is InChI=1S/C6H13NO2.C4H6O2/c1-5(6(8)9)7(2,3)4;1-3(2)4(5)6/h5H,1-4H3;1H2,2H3,(H,5,6). The number of carbonyl (C=O) groups is 2. The van der Waals surface area contributed by atoms with Crippen LogP contribution in [-0.4, -0.2) is 48.7 Å². The quantitative estimate of drug-likeness (QED) is 0.509. The van der Waals surface area contributed by atoms with Crippen LogP contribution in [0.5, 0.6) is 0 Å². The van der Waals surface area contributed by atoms with Gasteiger partial charge in [-0.25, -0.2) is 4.79 Å². The van der Waals surface area contributed by atoms with E-state index < -0.39 is 18.0 Å². The molecule has 1 atom stereocenters. The lowest BCUT2D eigenvalue weighted by Crippen LogP contribution is -2.53. The van der Waals surface area contributed by atoms with Gasteiger partial charge in [0.05, 0.1) is 27.1 Å². The van der Waals surface area contributed by atoms with Crippen molar-refractivity contribution in [3.8, 4) is 0 Å². The molecule has 0 radical (unpaired) electrons. The van der Waals surface area contributed by atoms with E-state index in [0.717, 1.165) is 0 Å². The summed E-state index contributed by atoms with van der Waals surface area (Å²) in [6, 6.07) is -0.440. The second-order valence-electron chi connectivity index (χ2n) is 4.20. The Hall–Kier alpha value is -1.36. The molecule has 0 bridgehead atoms. The van der Waals surface area contributed by atoms with Crippen molar-refractivity contribution >= 4 is 11.9 Å². The Morgan fingerprint density at radius 2 is 1.60 bits per heavy atom. The van der Waals surface area contributed by atoms with Crippen LogP contribution in [0, 0.1) is 0 Å². The first-order valence-electron chi connectivity index (χ1n) is 4.41. The van der Waals surface area contributed by atoms with Gasteiger partial charge in [-0.05, 0) is 13.8 Å². The van der Waals surface area contributed by atoms with Gasteiger partial charge in [-0.3, -0.25) is 0 Å². The van der Waals surface area contributed by atoms with Crippen molar-refractivity contribution < 1.29 is 24.3 Å². The fourth-order valence-electron chi connectivity index (χ4n) is 0.316. The number of carboxylic acid groups (broad SMARTS) is 2. The summed E-state index contributed by atoms with van der Waals surface area (Å²) < 4.78 is 0.405. The highest BCUT2D eigenvalue weighted by Crippen LogP contribution is 1.98. The van der Waals surface area contributed by atoms with E-state index in [-0.39, 0.29) is 5.57 Å². The molecule has 0 rings (SSSR count). The number of rotatable bonds is 3. The molecule has 5 nitrogen and oxygen atoms in total. The predicted molar refractivity (Wildman–Crippen MR) is 55.0 cm³/mol. The van der Waals surface area contributed by atoms with E-state index in [1.54, 1.807) is 6.92 Å². The van der Waals surface area contributed by atoms with E-state index in [9.17, 15) is 14.7 Å². The molecule has 0 aliphatic carbocycles. The minimum absolute atomic E-state index is 0.176. The summed E-state index contributed by atoms with van der Waals surface area (Å²) in [7, 11) is 5.46. The molecule has 0 aliphatic heterocycles. The molecule has 1 N–H and O–H groups in total. The van der Waals surface area contributed by atoms with Gasteiger partial charge in [0.2, 0.25) is 0 Å². The highest BCUT2D eigenvalue weighted by Gasteiger charge is 2.18. The van der Waals surface area contributed by atoms with Crippen LogP contribution < -0.4 is 5.11 Å². The van der Waals surface area contributed by atoms with Gasteiger partial charge in [0, 0.05) is 5.57 Å². The van der Waals surface area contributed by atoms with E-state index in [1.807, 2.05) is 21.1 Å². The number of carboxylic acids is 2. The van der Waals surface area contributed by atoms with Crippen LogP contribution in [-0.2, 0) is 9.59 Å². The van der Waals surface area contributed by atoms with Gasteiger partial charge < -0.3 is 19.5 Å². The molecule has 5 heteroatoms. The molecule has 0 saturated heterocycles. The number of nitrogens with zero attached hydrogens (tertiary/aromatic N) is 1. The van der Waals surface area contributed by atoms with Crippen molar-refractivity contribution in [2.24, 2.45) is 0 Å². The normalized spacial score (nSPS) is 12.1.